The van der Waals surface area contributed by atoms with Crippen molar-refractivity contribution in [2.75, 3.05) is 6.61 Å². The molecule has 0 aliphatic carbocycles. The molecule has 11 heavy (non-hydrogen) atoms. The van der Waals surface area contributed by atoms with Gasteiger partial charge in [0.25, 0.3) is 0 Å². The van der Waals surface area contributed by atoms with Gasteiger partial charge in [-0.15, -0.1) is 6.58 Å². The number of aliphatic hydroxyl groups excluding tert-OH is 1. The van der Waals surface area contributed by atoms with E-state index < -0.39 is 0 Å². The molecule has 66 valence electrons. The predicted molar refractivity (Wildman–Crippen MR) is 49.5 cm³/mol. The van der Waals surface area contributed by atoms with Crippen molar-refractivity contribution in [3.8, 4) is 0 Å². The monoisotopic (exact) mass is 156 g/mol. The van der Waals surface area contributed by atoms with Crippen LogP contribution in [0.4, 0.5) is 0 Å². The molecule has 0 heterocycles. The highest BCUT2D eigenvalue weighted by atomic mass is 16.3. The van der Waals surface area contributed by atoms with Gasteiger partial charge in [-0.25, -0.2) is 0 Å². The Labute approximate surface area is 70.1 Å². The maximum atomic E-state index is 8.70. The Morgan fingerprint density at radius 2 is 2.18 bits per heavy atom. The number of unbranched alkanes of at least 4 members (excludes halogenated alkanes) is 1. The van der Waals surface area contributed by atoms with E-state index in [1.54, 1.807) is 0 Å². The molecule has 1 nitrogen and oxygen atoms in total. The zero-order valence-electron chi connectivity index (χ0n) is 7.55. The van der Waals surface area contributed by atoms with E-state index in [4.69, 9.17) is 5.11 Å². The van der Waals surface area contributed by atoms with Crippen molar-refractivity contribution in [1.82, 2.24) is 0 Å². The Hall–Kier alpha value is -0.300. The lowest BCUT2D eigenvalue weighted by atomic mass is 9.96. The molecular formula is C10H20O. The predicted octanol–water partition coefficient (Wildman–Crippen LogP) is 2.75. The van der Waals surface area contributed by atoms with Crippen LogP contribution in [0.5, 0.6) is 0 Å². The normalized spacial score (nSPS) is 12.9. The lowest BCUT2D eigenvalue weighted by Gasteiger charge is -2.11. The number of aliphatic hydroxyl groups is 1. The fourth-order valence-corrected chi connectivity index (χ4v) is 1.29. The van der Waals surface area contributed by atoms with Crippen LogP contribution in [0, 0.1) is 5.92 Å². The summed E-state index contributed by atoms with van der Waals surface area (Å²) in [5, 5.41) is 8.70. The molecule has 0 saturated carbocycles. The smallest absolute Gasteiger partial charge is 0.0433 e. The molecule has 0 aliphatic rings. The molecule has 0 radical (unpaired) electrons. The average Bonchev–Trinajstić information content (AvgIpc) is 2.03. The lowest BCUT2D eigenvalue weighted by Crippen LogP contribution is -2.01. The highest BCUT2D eigenvalue weighted by Crippen LogP contribution is 2.15. The van der Waals surface area contributed by atoms with Gasteiger partial charge < -0.3 is 5.11 Å². The van der Waals surface area contributed by atoms with Crippen molar-refractivity contribution in [3.05, 3.63) is 12.7 Å². The molecular weight excluding hydrogens is 136 g/mol. The van der Waals surface area contributed by atoms with Crippen LogP contribution in [0.1, 0.15) is 39.0 Å². The van der Waals surface area contributed by atoms with E-state index in [9.17, 15) is 0 Å². The minimum atomic E-state index is 0.340. The van der Waals surface area contributed by atoms with Gasteiger partial charge in [-0.3, -0.25) is 0 Å². The second kappa shape index (κ2) is 7.80. The van der Waals surface area contributed by atoms with Gasteiger partial charge in [0.05, 0.1) is 0 Å². The van der Waals surface area contributed by atoms with E-state index in [1.807, 2.05) is 6.08 Å². The number of hydrogen-bond acceptors (Lipinski definition) is 1. The van der Waals surface area contributed by atoms with Crippen molar-refractivity contribution in [2.45, 2.75) is 39.0 Å². The van der Waals surface area contributed by atoms with Crippen LogP contribution < -0.4 is 0 Å². The third-order valence-corrected chi connectivity index (χ3v) is 2.14. The Morgan fingerprint density at radius 1 is 1.45 bits per heavy atom. The molecule has 0 aromatic rings. The van der Waals surface area contributed by atoms with Gasteiger partial charge in [-0.1, -0.05) is 25.8 Å². The third kappa shape index (κ3) is 6.11. The van der Waals surface area contributed by atoms with E-state index in [0.29, 0.717) is 6.61 Å². The average molecular weight is 156 g/mol. The van der Waals surface area contributed by atoms with Crippen LogP contribution in [-0.2, 0) is 0 Å². The van der Waals surface area contributed by atoms with Crippen LogP contribution >= 0.6 is 0 Å². The van der Waals surface area contributed by atoms with Gasteiger partial charge in [-0.05, 0) is 25.2 Å². The first-order valence-corrected chi connectivity index (χ1v) is 4.56. The standard InChI is InChI=1S/C10H20O/c1-3-5-6-7-10(4-2)8-9-11/h3,10-11H,1,4-9H2,2H3. The summed E-state index contributed by atoms with van der Waals surface area (Å²) >= 11 is 0. The van der Waals surface area contributed by atoms with Crippen molar-refractivity contribution < 1.29 is 5.11 Å². The summed E-state index contributed by atoms with van der Waals surface area (Å²) in [5.74, 6) is 0.722. The van der Waals surface area contributed by atoms with Gasteiger partial charge in [0.15, 0.2) is 0 Å². The first kappa shape index (κ1) is 10.7. The molecule has 0 rings (SSSR count). The Bertz CT molecular complexity index is 88.9. The summed E-state index contributed by atoms with van der Waals surface area (Å²) < 4.78 is 0. The molecule has 0 aromatic carbocycles. The summed E-state index contributed by atoms with van der Waals surface area (Å²) in [4.78, 5) is 0. The Balaban J connectivity index is 3.27. The SMILES string of the molecule is C=CCCCC(CC)CCO. The molecule has 0 fully saturated rings. The lowest BCUT2D eigenvalue weighted by molar-refractivity contribution is 0.248. The molecule has 0 aliphatic heterocycles. The summed E-state index contributed by atoms with van der Waals surface area (Å²) in [5.41, 5.74) is 0. The van der Waals surface area contributed by atoms with Gasteiger partial charge in [0.2, 0.25) is 0 Å². The van der Waals surface area contributed by atoms with Crippen molar-refractivity contribution >= 4 is 0 Å². The second-order valence-electron chi connectivity index (χ2n) is 3.01. The molecule has 0 amide bonds. The van der Waals surface area contributed by atoms with E-state index in [-0.39, 0.29) is 0 Å². The molecule has 0 aromatic heterocycles. The Kier molecular flexibility index (Phi) is 7.59. The first-order chi connectivity index (χ1) is 5.35. The quantitative estimate of drug-likeness (QED) is 0.444. The summed E-state index contributed by atoms with van der Waals surface area (Å²) in [6.45, 7) is 6.21. The van der Waals surface area contributed by atoms with Crippen LogP contribution in [0.15, 0.2) is 12.7 Å². The summed E-state index contributed by atoms with van der Waals surface area (Å²) in [7, 11) is 0. The highest BCUT2D eigenvalue weighted by molar-refractivity contribution is 4.67. The summed E-state index contributed by atoms with van der Waals surface area (Å²) in [6, 6.07) is 0. The molecule has 0 saturated heterocycles. The molecule has 1 N–H and O–H groups in total. The van der Waals surface area contributed by atoms with E-state index in [0.717, 1.165) is 18.8 Å². The highest BCUT2D eigenvalue weighted by Gasteiger charge is 2.03. The molecule has 1 atom stereocenters. The van der Waals surface area contributed by atoms with E-state index in [2.05, 4.69) is 13.5 Å². The van der Waals surface area contributed by atoms with Gasteiger partial charge in [0.1, 0.15) is 0 Å². The first-order valence-electron chi connectivity index (χ1n) is 4.56. The van der Waals surface area contributed by atoms with Crippen LogP contribution in [0.2, 0.25) is 0 Å². The largest absolute Gasteiger partial charge is 0.396 e. The maximum absolute atomic E-state index is 8.70. The summed E-state index contributed by atoms with van der Waals surface area (Å²) in [6.07, 6.45) is 7.70. The van der Waals surface area contributed by atoms with Crippen LogP contribution in [0.3, 0.4) is 0 Å². The number of rotatable bonds is 7. The van der Waals surface area contributed by atoms with Gasteiger partial charge >= 0.3 is 0 Å². The fraction of sp³-hybridized carbons (Fsp3) is 0.800. The van der Waals surface area contributed by atoms with Crippen LogP contribution in [0.25, 0.3) is 0 Å². The van der Waals surface area contributed by atoms with E-state index in [1.165, 1.54) is 19.3 Å². The maximum Gasteiger partial charge on any atom is 0.0433 e. The minimum absolute atomic E-state index is 0.340. The van der Waals surface area contributed by atoms with Gasteiger partial charge in [0, 0.05) is 6.61 Å². The second-order valence-corrected chi connectivity index (χ2v) is 3.01. The van der Waals surface area contributed by atoms with Crippen molar-refractivity contribution in [2.24, 2.45) is 5.92 Å². The van der Waals surface area contributed by atoms with Crippen LogP contribution in [-0.4, -0.2) is 11.7 Å². The molecule has 0 spiro atoms. The number of allylic oxidation sites excluding steroid dienone is 1. The fourth-order valence-electron chi connectivity index (χ4n) is 1.29. The van der Waals surface area contributed by atoms with Gasteiger partial charge in [-0.2, -0.15) is 0 Å². The topological polar surface area (TPSA) is 20.2 Å². The third-order valence-electron chi connectivity index (χ3n) is 2.14. The molecule has 1 heteroatoms. The van der Waals surface area contributed by atoms with E-state index >= 15 is 0 Å². The molecule has 0 bridgehead atoms. The van der Waals surface area contributed by atoms with Crippen molar-refractivity contribution in [3.63, 3.8) is 0 Å². The zero-order valence-corrected chi connectivity index (χ0v) is 7.55. The zero-order chi connectivity index (χ0) is 8.53. The molecule has 1 unspecified atom stereocenters. The Morgan fingerprint density at radius 3 is 2.64 bits per heavy atom. The van der Waals surface area contributed by atoms with Crippen molar-refractivity contribution in [1.29, 1.82) is 0 Å². The minimum Gasteiger partial charge on any atom is -0.396 e. The number of hydrogen-bond donors (Lipinski definition) is 1.